The molecule has 1 aliphatic rings. The Morgan fingerprint density at radius 2 is 1.68 bits per heavy atom. The number of phenolic OH excluding ortho intramolecular Hbond substituents is 1. The normalized spacial score (nSPS) is 14.6. The van der Waals surface area contributed by atoms with E-state index in [2.05, 4.69) is 10.6 Å². The number of rotatable bonds is 4. The predicted molar refractivity (Wildman–Crippen MR) is 151 cm³/mol. The summed E-state index contributed by atoms with van der Waals surface area (Å²) < 4.78 is 14.8. The minimum atomic E-state index is -0.451. The van der Waals surface area contributed by atoms with E-state index in [0.29, 0.717) is 33.9 Å². The van der Waals surface area contributed by atoms with Gasteiger partial charge in [0.1, 0.15) is 0 Å². The van der Waals surface area contributed by atoms with E-state index in [1.165, 1.54) is 24.3 Å². The van der Waals surface area contributed by atoms with E-state index in [-0.39, 0.29) is 37.9 Å². The maximum atomic E-state index is 13.7. The number of phenols is 1. The molecule has 0 radical (unpaired) electrons. The van der Waals surface area contributed by atoms with Gasteiger partial charge in [0.15, 0.2) is 0 Å². The molecule has 0 bridgehead atoms. The first-order valence-corrected chi connectivity index (χ1v) is 14.2. The molecule has 3 amide bonds. The molecule has 1 aromatic heterocycles. The number of anilines is 3. The number of fused-ring (bicyclic) bond motifs is 4. The summed E-state index contributed by atoms with van der Waals surface area (Å²) in [6, 6.07) is 21.8. The molecular weight excluding hydrogens is 572 g/mol. The number of benzene rings is 4. The van der Waals surface area contributed by atoms with Gasteiger partial charge < -0.3 is 0 Å². The number of aromatic hydroxyl groups is 1. The first kappa shape index (κ1) is 24.5. The molecule has 0 saturated heterocycles. The van der Waals surface area contributed by atoms with Gasteiger partial charge in [0.2, 0.25) is 0 Å². The van der Waals surface area contributed by atoms with Crippen molar-refractivity contribution in [1.29, 1.82) is 0 Å². The Hall–Kier alpha value is -3.84. The molecule has 190 valence electrons. The van der Waals surface area contributed by atoms with Crippen molar-refractivity contribution in [3.05, 3.63) is 94.7 Å². The summed E-state index contributed by atoms with van der Waals surface area (Å²) in [5.41, 5.74) is 2.74. The van der Waals surface area contributed by atoms with Crippen molar-refractivity contribution in [2.24, 2.45) is 0 Å². The SMILES string of the molecule is O=C(Nc1ccc(F)cc1)Nc1ccc2[se]c(C(=O)N3C[C@@H](CCl)c4c3cc(O)c3ccccc43)cc2c1. The van der Waals surface area contributed by atoms with Gasteiger partial charge in [-0.2, -0.15) is 0 Å². The fourth-order valence-corrected chi connectivity index (χ4v) is 7.26. The van der Waals surface area contributed by atoms with Crippen molar-refractivity contribution >= 4 is 75.5 Å². The minimum absolute atomic E-state index is 0.0339. The van der Waals surface area contributed by atoms with Crippen LogP contribution in [0.25, 0.3) is 20.4 Å². The molecule has 1 atom stereocenters. The second-order valence-electron chi connectivity index (χ2n) is 9.09. The van der Waals surface area contributed by atoms with Gasteiger partial charge in [-0.25, -0.2) is 0 Å². The number of carbonyl (C=O) groups excluding carboxylic acids is 2. The molecule has 0 saturated carbocycles. The summed E-state index contributed by atoms with van der Waals surface area (Å²) in [6.07, 6.45) is 0. The predicted octanol–water partition coefficient (Wildman–Crippen LogP) is 6.52. The summed E-state index contributed by atoms with van der Waals surface area (Å²) >= 11 is 6.12. The zero-order valence-corrected chi connectivity index (χ0v) is 22.3. The van der Waals surface area contributed by atoms with Crippen LogP contribution < -0.4 is 15.5 Å². The monoisotopic (exact) mass is 593 g/mol. The van der Waals surface area contributed by atoms with Crippen LogP contribution >= 0.6 is 11.6 Å². The van der Waals surface area contributed by atoms with E-state index in [4.69, 9.17) is 11.6 Å². The zero-order valence-electron chi connectivity index (χ0n) is 19.9. The summed E-state index contributed by atoms with van der Waals surface area (Å²) in [4.78, 5) is 27.8. The van der Waals surface area contributed by atoms with Crippen LogP contribution in [0.2, 0.25) is 0 Å². The topological polar surface area (TPSA) is 81.7 Å². The van der Waals surface area contributed by atoms with Crippen molar-refractivity contribution < 1.29 is 19.1 Å². The Balaban J connectivity index is 1.26. The van der Waals surface area contributed by atoms with Crippen molar-refractivity contribution in [1.82, 2.24) is 0 Å². The third-order valence-electron chi connectivity index (χ3n) is 6.66. The average molecular weight is 593 g/mol. The van der Waals surface area contributed by atoms with Gasteiger partial charge in [0, 0.05) is 0 Å². The number of nitrogens with one attached hydrogen (secondary N) is 2. The van der Waals surface area contributed by atoms with Gasteiger partial charge in [-0.1, -0.05) is 0 Å². The van der Waals surface area contributed by atoms with Gasteiger partial charge in [0.05, 0.1) is 0 Å². The number of nitrogens with zero attached hydrogens (tertiary/aromatic N) is 1. The van der Waals surface area contributed by atoms with E-state index in [1.807, 2.05) is 42.5 Å². The summed E-state index contributed by atoms with van der Waals surface area (Å²) in [5.74, 6) is -0.0161. The molecule has 6 rings (SSSR count). The summed E-state index contributed by atoms with van der Waals surface area (Å²) in [7, 11) is 0. The number of alkyl halides is 1. The quantitative estimate of drug-likeness (QED) is 0.164. The molecule has 2 heterocycles. The number of carbonyl (C=O) groups is 2. The molecule has 0 spiro atoms. The second kappa shape index (κ2) is 9.80. The van der Waals surface area contributed by atoms with E-state index in [1.54, 1.807) is 17.0 Å². The fourth-order valence-electron chi connectivity index (χ4n) is 4.93. The molecule has 9 heteroatoms. The Labute approximate surface area is 228 Å². The van der Waals surface area contributed by atoms with E-state index >= 15 is 0 Å². The third-order valence-corrected chi connectivity index (χ3v) is 9.35. The van der Waals surface area contributed by atoms with Crippen LogP contribution in [0.4, 0.5) is 26.2 Å². The van der Waals surface area contributed by atoms with Crippen molar-refractivity contribution in [3.8, 4) is 5.75 Å². The van der Waals surface area contributed by atoms with Crippen LogP contribution in [0.5, 0.6) is 5.75 Å². The van der Waals surface area contributed by atoms with Crippen molar-refractivity contribution in [3.63, 3.8) is 0 Å². The molecular formula is C29H21ClFN3O3Se. The van der Waals surface area contributed by atoms with Crippen molar-refractivity contribution in [2.75, 3.05) is 28.0 Å². The number of amides is 3. The molecule has 1 aliphatic heterocycles. The first-order valence-electron chi connectivity index (χ1n) is 11.9. The maximum absolute atomic E-state index is 13.7. The molecule has 5 aromatic rings. The second-order valence-corrected chi connectivity index (χ2v) is 11.7. The zero-order chi connectivity index (χ0) is 26.4. The van der Waals surface area contributed by atoms with Crippen LogP contribution in [0.3, 0.4) is 0 Å². The van der Waals surface area contributed by atoms with Crippen LogP contribution in [0.1, 0.15) is 20.7 Å². The Morgan fingerprint density at radius 1 is 0.974 bits per heavy atom. The van der Waals surface area contributed by atoms with Crippen LogP contribution in [0, 0.1) is 5.82 Å². The van der Waals surface area contributed by atoms with Crippen LogP contribution in [-0.2, 0) is 0 Å². The molecule has 0 unspecified atom stereocenters. The van der Waals surface area contributed by atoms with Gasteiger partial charge in [-0.15, -0.1) is 0 Å². The number of urea groups is 1. The third kappa shape index (κ3) is 4.41. The van der Waals surface area contributed by atoms with E-state index < -0.39 is 6.03 Å². The van der Waals surface area contributed by atoms with Gasteiger partial charge >= 0.3 is 229 Å². The molecule has 6 nitrogen and oxygen atoms in total. The van der Waals surface area contributed by atoms with Crippen molar-refractivity contribution in [2.45, 2.75) is 5.92 Å². The Morgan fingerprint density at radius 3 is 2.45 bits per heavy atom. The van der Waals surface area contributed by atoms with Crippen LogP contribution in [-0.4, -0.2) is 44.0 Å². The average Bonchev–Trinajstić information content (AvgIpc) is 3.51. The van der Waals surface area contributed by atoms with Gasteiger partial charge in [0.25, 0.3) is 0 Å². The Bertz CT molecular complexity index is 1720. The Kier molecular flexibility index (Phi) is 6.32. The molecule has 0 fully saturated rings. The molecule has 3 N–H and O–H groups in total. The standard InChI is InChI=1S/C29H21ClFN3O3Se/c30-14-17-15-34(23-13-24(35)21-3-1-2-4-22(21)27(17)23)28(36)26-12-16-11-20(9-10-25(16)38-26)33-29(37)32-19-7-5-18(31)6-8-19/h1-13,17,35H,14-15H2,(H2,32,33,37)/t17-/m1/s1. The number of halogens is 2. The summed E-state index contributed by atoms with van der Waals surface area (Å²) in [6.45, 7) is 0.450. The van der Waals surface area contributed by atoms with Gasteiger partial charge in [-0.05, 0) is 0 Å². The first-order chi connectivity index (χ1) is 18.4. The number of hydrogen-bond acceptors (Lipinski definition) is 3. The van der Waals surface area contributed by atoms with E-state index in [9.17, 15) is 19.1 Å². The van der Waals surface area contributed by atoms with Gasteiger partial charge in [-0.3, -0.25) is 0 Å². The summed E-state index contributed by atoms with van der Waals surface area (Å²) in [5, 5.41) is 18.6. The van der Waals surface area contributed by atoms with Crippen LogP contribution in [0.15, 0.2) is 78.9 Å². The fraction of sp³-hybridized carbons (Fsp3) is 0.103. The number of hydrogen-bond donors (Lipinski definition) is 3. The molecule has 0 aliphatic carbocycles. The molecule has 4 aromatic carbocycles. The van der Waals surface area contributed by atoms with E-state index in [0.717, 1.165) is 26.0 Å². The molecule has 38 heavy (non-hydrogen) atoms.